The van der Waals surface area contributed by atoms with Crippen molar-refractivity contribution < 1.29 is 18.7 Å². The minimum atomic E-state index is -0.719. The van der Waals surface area contributed by atoms with Crippen molar-refractivity contribution >= 4 is 11.9 Å². The molecule has 1 aromatic heterocycles. The van der Waals surface area contributed by atoms with Crippen molar-refractivity contribution in [3.05, 3.63) is 48.0 Å². The molecule has 0 atom stereocenters. The fourth-order valence-electron chi connectivity index (χ4n) is 1.47. The van der Waals surface area contributed by atoms with E-state index in [9.17, 15) is 14.0 Å². The first-order chi connectivity index (χ1) is 9.60. The van der Waals surface area contributed by atoms with Gasteiger partial charge in [0.15, 0.2) is 12.3 Å². The zero-order valence-electron chi connectivity index (χ0n) is 10.7. The second-order valence-electron chi connectivity index (χ2n) is 3.87. The van der Waals surface area contributed by atoms with Crippen LogP contribution in [0, 0.1) is 5.82 Å². The van der Waals surface area contributed by atoms with Crippen molar-refractivity contribution in [2.24, 2.45) is 0 Å². The number of amides is 1. The van der Waals surface area contributed by atoms with Gasteiger partial charge in [-0.15, -0.1) is 0 Å². The predicted octanol–water partition coefficient (Wildman–Crippen LogP) is 0.914. The molecule has 2 rings (SSSR count). The fourth-order valence-corrected chi connectivity index (χ4v) is 1.47. The fraction of sp³-hybridized carbons (Fsp3) is 0.154. The van der Waals surface area contributed by atoms with E-state index in [1.54, 1.807) is 6.07 Å². The number of carbonyl (C=O) groups is 2. The highest BCUT2D eigenvalue weighted by Gasteiger charge is 2.13. The quantitative estimate of drug-likeness (QED) is 0.843. The van der Waals surface area contributed by atoms with Crippen LogP contribution in [0.25, 0.3) is 5.69 Å². The van der Waals surface area contributed by atoms with Crippen molar-refractivity contribution in [2.75, 3.05) is 13.7 Å². The first-order valence-electron chi connectivity index (χ1n) is 5.79. The molecule has 0 saturated heterocycles. The molecule has 20 heavy (non-hydrogen) atoms. The molecule has 6 nitrogen and oxygen atoms in total. The summed E-state index contributed by atoms with van der Waals surface area (Å²) in [4.78, 5) is 22.6. The smallest absolute Gasteiger partial charge is 0.359 e. The summed E-state index contributed by atoms with van der Waals surface area (Å²) in [7, 11) is 1.44. The third kappa shape index (κ3) is 3.19. The van der Waals surface area contributed by atoms with E-state index in [1.807, 2.05) is 0 Å². The summed E-state index contributed by atoms with van der Waals surface area (Å²) >= 11 is 0. The van der Waals surface area contributed by atoms with E-state index >= 15 is 0 Å². The number of nitrogens with zero attached hydrogens (tertiary/aromatic N) is 2. The van der Waals surface area contributed by atoms with E-state index in [-0.39, 0.29) is 12.3 Å². The summed E-state index contributed by atoms with van der Waals surface area (Å²) in [5, 5.41) is 6.29. The monoisotopic (exact) mass is 277 g/mol. The number of hydrogen-bond acceptors (Lipinski definition) is 4. The molecule has 0 aliphatic rings. The van der Waals surface area contributed by atoms with E-state index < -0.39 is 17.7 Å². The van der Waals surface area contributed by atoms with Gasteiger partial charge in [0.25, 0.3) is 5.91 Å². The van der Waals surface area contributed by atoms with E-state index in [0.717, 1.165) is 0 Å². The zero-order valence-corrected chi connectivity index (χ0v) is 10.7. The minimum Gasteiger partial charge on any atom is -0.451 e. The molecule has 1 aromatic carbocycles. The molecule has 0 aliphatic heterocycles. The first-order valence-corrected chi connectivity index (χ1v) is 5.79. The summed E-state index contributed by atoms with van der Waals surface area (Å²) in [6, 6.07) is 7.21. The van der Waals surface area contributed by atoms with Crippen LogP contribution in [0.5, 0.6) is 0 Å². The van der Waals surface area contributed by atoms with Crippen LogP contribution < -0.4 is 5.32 Å². The van der Waals surface area contributed by atoms with Crippen LogP contribution in [0.2, 0.25) is 0 Å². The Hall–Kier alpha value is -2.70. The van der Waals surface area contributed by atoms with E-state index in [4.69, 9.17) is 4.74 Å². The number of benzene rings is 1. The molecule has 0 saturated carbocycles. The van der Waals surface area contributed by atoms with Gasteiger partial charge in [0, 0.05) is 13.2 Å². The molecule has 104 valence electrons. The van der Waals surface area contributed by atoms with Gasteiger partial charge in [-0.2, -0.15) is 5.10 Å². The first kappa shape index (κ1) is 13.7. The molecule has 0 unspecified atom stereocenters. The molecular formula is C13H12FN3O3. The Morgan fingerprint density at radius 1 is 1.40 bits per heavy atom. The lowest BCUT2D eigenvalue weighted by atomic mass is 10.3. The molecule has 0 spiro atoms. The van der Waals surface area contributed by atoms with Gasteiger partial charge < -0.3 is 10.1 Å². The molecule has 0 radical (unpaired) electrons. The molecule has 1 heterocycles. The van der Waals surface area contributed by atoms with Crippen molar-refractivity contribution in [3.8, 4) is 5.69 Å². The number of rotatable bonds is 4. The van der Waals surface area contributed by atoms with Gasteiger partial charge in [-0.05, 0) is 24.3 Å². The number of esters is 1. The summed E-state index contributed by atoms with van der Waals surface area (Å²) in [6.45, 7) is -0.373. The van der Waals surface area contributed by atoms with Crippen molar-refractivity contribution in [2.45, 2.75) is 0 Å². The van der Waals surface area contributed by atoms with Gasteiger partial charge in [0.1, 0.15) is 5.82 Å². The second-order valence-corrected chi connectivity index (χ2v) is 3.87. The Labute approximate surface area is 114 Å². The maximum absolute atomic E-state index is 13.1. The third-order valence-corrected chi connectivity index (χ3v) is 2.48. The number of hydrogen-bond donors (Lipinski definition) is 1. The highest BCUT2D eigenvalue weighted by molar-refractivity contribution is 5.89. The van der Waals surface area contributed by atoms with Gasteiger partial charge in [-0.25, -0.2) is 13.9 Å². The number of nitrogens with one attached hydrogen (secondary N) is 1. The van der Waals surface area contributed by atoms with Gasteiger partial charge >= 0.3 is 5.97 Å². The summed E-state index contributed by atoms with van der Waals surface area (Å²) < 4.78 is 19.2. The Morgan fingerprint density at radius 3 is 2.90 bits per heavy atom. The molecule has 0 aliphatic carbocycles. The van der Waals surface area contributed by atoms with Crippen molar-refractivity contribution in [3.63, 3.8) is 0 Å². The molecule has 1 amide bonds. The summed E-state index contributed by atoms with van der Waals surface area (Å²) in [5.41, 5.74) is 0.522. The van der Waals surface area contributed by atoms with E-state index in [0.29, 0.717) is 5.69 Å². The Morgan fingerprint density at radius 2 is 2.20 bits per heavy atom. The van der Waals surface area contributed by atoms with Crippen LogP contribution in [0.4, 0.5) is 4.39 Å². The van der Waals surface area contributed by atoms with Crippen LogP contribution in [0.3, 0.4) is 0 Å². The molecular weight excluding hydrogens is 265 g/mol. The maximum Gasteiger partial charge on any atom is 0.359 e. The summed E-state index contributed by atoms with van der Waals surface area (Å²) in [6.07, 6.45) is 1.51. The predicted molar refractivity (Wildman–Crippen MR) is 67.9 cm³/mol. The van der Waals surface area contributed by atoms with Gasteiger partial charge in [0.2, 0.25) is 0 Å². The van der Waals surface area contributed by atoms with Crippen molar-refractivity contribution in [1.29, 1.82) is 0 Å². The normalized spacial score (nSPS) is 10.1. The molecule has 0 bridgehead atoms. The Balaban J connectivity index is 2.09. The maximum atomic E-state index is 13.1. The highest BCUT2D eigenvalue weighted by Crippen LogP contribution is 2.10. The number of likely N-dealkylation sites (N-methyl/N-ethyl adjacent to an activating group) is 1. The molecule has 1 N–H and O–H groups in total. The van der Waals surface area contributed by atoms with Crippen LogP contribution in [0.1, 0.15) is 10.5 Å². The van der Waals surface area contributed by atoms with E-state index in [1.165, 1.54) is 42.2 Å². The largest absolute Gasteiger partial charge is 0.451 e. The van der Waals surface area contributed by atoms with Gasteiger partial charge in [0.05, 0.1) is 5.69 Å². The van der Waals surface area contributed by atoms with Crippen LogP contribution in [-0.2, 0) is 9.53 Å². The van der Waals surface area contributed by atoms with Gasteiger partial charge in [-0.3, -0.25) is 4.79 Å². The molecule has 2 aromatic rings. The SMILES string of the molecule is CNC(=O)COC(=O)c1ccn(-c2cccc(F)c2)n1. The average molecular weight is 277 g/mol. The lowest BCUT2D eigenvalue weighted by molar-refractivity contribution is -0.123. The van der Waals surface area contributed by atoms with Gasteiger partial charge in [-0.1, -0.05) is 6.07 Å². The number of aromatic nitrogens is 2. The molecule has 0 fully saturated rings. The minimum absolute atomic E-state index is 0.0400. The van der Waals surface area contributed by atoms with Crippen LogP contribution in [0.15, 0.2) is 36.5 Å². The topological polar surface area (TPSA) is 73.2 Å². The van der Waals surface area contributed by atoms with Crippen LogP contribution in [-0.4, -0.2) is 35.3 Å². The number of carbonyl (C=O) groups excluding carboxylic acids is 2. The van der Waals surface area contributed by atoms with E-state index in [2.05, 4.69) is 10.4 Å². The van der Waals surface area contributed by atoms with Crippen LogP contribution >= 0.6 is 0 Å². The average Bonchev–Trinajstić information content (AvgIpc) is 2.94. The lowest BCUT2D eigenvalue weighted by Crippen LogP contribution is -2.25. The lowest BCUT2D eigenvalue weighted by Gasteiger charge is -2.02. The second kappa shape index (κ2) is 5.96. The highest BCUT2D eigenvalue weighted by atomic mass is 19.1. The molecule has 7 heteroatoms. The van der Waals surface area contributed by atoms with Crippen molar-refractivity contribution in [1.82, 2.24) is 15.1 Å². The Kier molecular flexibility index (Phi) is 4.09. The Bertz CT molecular complexity index is 639. The number of halogens is 1. The standard InChI is InChI=1S/C13H12FN3O3/c1-15-12(18)8-20-13(19)11-5-6-17(16-11)10-4-2-3-9(14)7-10/h2-7H,8H2,1H3,(H,15,18). The zero-order chi connectivity index (χ0) is 14.5. The third-order valence-electron chi connectivity index (χ3n) is 2.48. The number of ether oxygens (including phenoxy) is 1. The summed E-state index contributed by atoms with van der Waals surface area (Å²) in [5.74, 6) is -1.53.